The molecule has 0 aromatic heterocycles. The standard InChI is InChI=1S/C21H17Cl2N3O2S/c1-12-2-4-13(5-3-12)15-9-19(27)26-21(16(15)10-24)29-11-20(28)25-14-6-7-17(22)18(23)8-14/h2-8,15H,9,11H2,1H3,(H,25,28)(H,26,27). The summed E-state index contributed by atoms with van der Waals surface area (Å²) in [7, 11) is 0. The van der Waals surface area contributed by atoms with Gasteiger partial charge in [0.15, 0.2) is 0 Å². The van der Waals surface area contributed by atoms with Gasteiger partial charge >= 0.3 is 0 Å². The van der Waals surface area contributed by atoms with Crippen molar-refractivity contribution >= 4 is 52.5 Å². The predicted molar refractivity (Wildman–Crippen MR) is 117 cm³/mol. The third-order valence-corrected chi connectivity index (χ3v) is 6.14. The molecule has 0 spiro atoms. The maximum Gasteiger partial charge on any atom is 0.234 e. The van der Waals surface area contributed by atoms with Crippen LogP contribution in [0.5, 0.6) is 0 Å². The van der Waals surface area contributed by atoms with Crippen molar-refractivity contribution in [1.82, 2.24) is 5.32 Å². The number of anilines is 1. The van der Waals surface area contributed by atoms with Crippen molar-refractivity contribution in [2.75, 3.05) is 11.1 Å². The van der Waals surface area contributed by atoms with Crippen molar-refractivity contribution < 1.29 is 9.59 Å². The van der Waals surface area contributed by atoms with Crippen LogP contribution in [-0.4, -0.2) is 17.6 Å². The van der Waals surface area contributed by atoms with E-state index in [0.717, 1.165) is 22.9 Å². The molecule has 148 valence electrons. The van der Waals surface area contributed by atoms with Crippen LogP contribution >= 0.6 is 35.0 Å². The molecule has 2 aromatic rings. The largest absolute Gasteiger partial charge is 0.325 e. The number of aryl methyl sites for hydroxylation is 1. The molecule has 1 aliphatic heterocycles. The van der Waals surface area contributed by atoms with E-state index in [1.54, 1.807) is 18.2 Å². The Morgan fingerprint density at radius 2 is 1.97 bits per heavy atom. The number of benzene rings is 2. The van der Waals surface area contributed by atoms with Crippen LogP contribution in [0, 0.1) is 18.3 Å². The molecule has 1 atom stereocenters. The number of thioether (sulfide) groups is 1. The van der Waals surface area contributed by atoms with Crippen LogP contribution in [0.1, 0.15) is 23.5 Å². The van der Waals surface area contributed by atoms with Crippen LogP contribution < -0.4 is 10.6 Å². The molecule has 8 heteroatoms. The van der Waals surface area contributed by atoms with Crippen molar-refractivity contribution in [2.45, 2.75) is 19.3 Å². The third-order valence-electron chi connectivity index (χ3n) is 4.39. The number of allylic oxidation sites excluding steroid dienone is 1. The SMILES string of the molecule is Cc1ccc(C2CC(=O)NC(SCC(=O)Nc3ccc(Cl)c(Cl)c3)=C2C#N)cc1. The summed E-state index contributed by atoms with van der Waals surface area (Å²) in [5.41, 5.74) is 2.98. The summed E-state index contributed by atoms with van der Waals surface area (Å²) < 4.78 is 0. The second kappa shape index (κ2) is 9.36. The first kappa shape index (κ1) is 21.3. The fraction of sp³-hybridized carbons (Fsp3) is 0.190. The van der Waals surface area contributed by atoms with E-state index in [4.69, 9.17) is 23.2 Å². The van der Waals surface area contributed by atoms with Gasteiger partial charge in [-0.2, -0.15) is 5.26 Å². The summed E-state index contributed by atoms with van der Waals surface area (Å²) in [5.74, 6) is -0.761. The molecule has 1 heterocycles. The molecule has 0 fully saturated rings. The lowest BCUT2D eigenvalue weighted by Gasteiger charge is -2.25. The zero-order valence-electron chi connectivity index (χ0n) is 15.5. The van der Waals surface area contributed by atoms with Crippen molar-refractivity contribution in [3.63, 3.8) is 0 Å². The molecule has 2 amide bonds. The predicted octanol–water partition coefficient (Wildman–Crippen LogP) is 5.01. The molecule has 29 heavy (non-hydrogen) atoms. The highest BCUT2D eigenvalue weighted by Gasteiger charge is 2.29. The Morgan fingerprint density at radius 3 is 2.62 bits per heavy atom. The first-order valence-corrected chi connectivity index (χ1v) is 10.5. The van der Waals surface area contributed by atoms with E-state index in [0.29, 0.717) is 26.3 Å². The topological polar surface area (TPSA) is 82.0 Å². The Hall–Kier alpha value is -2.46. The van der Waals surface area contributed by atoms with Gasteiger partial charge in [-0.15, -0.1) is 0 Å². The van der Waals surface area contributed by atoms with Crippen LogP contribution in [0.2, 0.25) is 10.0 Å². The number of carbonyl (C=O) groups is 2. The maximum atomic E-state index is 12.3. The number of hydrogen-bond acceptors (Lipinski definition) is 4. The third kappa shape index (κ3) is 5.33. The first-order chi connectivity index (χ1) is 13.9. The van der Waals surface area contributed by atoms with E-state index in [-0.39, 0.29) is 29.9 Å². The summed E-state index contributed by atoms with van der Waals surface area (Å²) in [6.07, 6.45) is 0.200. The normalized spacial score (nSPS) is 16.2. The van der Waals surface area contributed by atoms with Crippen LogP contribution in [-0.2, 0) is 9.59 Å². The fourth-order valence-electron chi connectivity index (χ4n) is 2.93. The highest BCUT2D eigenvalue weighted by Crippen LogP contribution is 2.36. The summed E-state index contributed by atoms with van der Waals surface area (Å²) in [5, 5.41) is 16.3. The van der Waals surface area contributed by atoms with Crippen LogP contribution in [0.4, 0.5) is 5.69 Å². The Kier molecular flexibility index (Phi) is 6.86. The molecule has 2 N–H and O–H groups in total. The summed E-state index contributed by atoms with van der Waals surface area (Å²) in [6.45, 7) is 1.98. The Bertz CT molecular complexity index is 1030. The molecule has 1 unspecified atom stereocenters. The Labute approximate surface area is 183 Å². The average molecular weight is 446 g/mol. The minimum atomic E-state index is -0.324. The van der Waals surface area contributed by atoms with Gasteiger partial charge in [0.25, 0.3) is 0 Å². The highest BCUT2D eigenvalue weighted by atomic mass is 35.5. The van der Waals surface area contributed by atoms with Crippen molar-refractivity contribution in [3.8, 4) is 6.07 Å². The molecule has 0 saturated carbocycles. The van der Waals surface area contributed by atoms with Crippen molar-refractivity contribution in [2.24, 2.45) is 0 Å². The molecule has 0 saturated heterocycles. The van der Waals surface area contributed by atoms with Gasteiger partial charge in [-0.1, -0.05) is 64.8 Å². The monoisotopic (exact) mass is 445 g/mol. The van der Waals surface area contributed by atoms with Crippen LogP contribution in [0.3, 0.4) is 0 Å². The first-order valence-electron chi connectivity index (χ1n) is 8.75. The van der Waals surface area contributed by atoms with Gasteiger partial charge < -0.3 is 10.6 Å². The lowest BCUT2D eigenvalue weighted by molar-refractivity contribution is -0.121. The molecule has 5 nitrogen and oxygen atoms in total. The van der Waals surface area contributed by atoms with Crippen LogP contribution in [0.25, 0.3) is 0 Å². The molecule has 0 radical (unpaired) electrons. The number of nitrogens with zero attached hydrogens (tertiary/aromatic N) is 1. The molecule has 0 bridgehead atoms. The number of nitrogens with one attached hydrogen (secondary N) is 2. The van der Waals surface area contributed by atoms with Gasteiger partial charge in [0.2, 0.25) is 11.8 Å². The second-order valence-electron chi connectivity index (χ2n) is 6.54. The van der Waals surface area contributed by atoms with Crippen molar-refractivity contribution in [1.29, 1.82) is 5.26 Å². The summed E-state index contributed by atoms with van der Waals surface area (Å²) in [4.78, 5) is 24.5. The zero-order chi connectivity index (χ0) is 21.0. The quantitative estimate of drug-likeness (QED) is 0.677. The molecule has 2 aromatic carbocycles. The number of hydrogen-bond donors (Lipinski definition) is 2. The second-order valence-corrected chi connectivity index (χ2v) is 8.34. The number of nitriles is 1. The number of amides is 2. The molecule has 1 aliphatic rings. The van der Waals surface area contributed by atoms with E-state index in [2.05, 4.69) is 16.7 Å². The molecule has 3 rings (SSSR count). The van der Waals surface area contributed by atoms with E-state index in [1.807, 2.05) is 31.2 Å². The Balaban J connectivity index is 1.74. The Morgan fingerprint density at radius 1 is 1.24 bits per heavy atom. The van der Waals surface area contributed by atoms with Gasteiger partial charge in [-0.3, -0.25) is 9.59 Å². The zero-order valence-corrected chi connectivity index (χ0v) is 17.8. The van der Waals surface area contributed by atoms with Gasteiger partial charge in [0, 0.05) is 18.0 Å². The lowest BCUT2D eigenvalue weighted by atomic mass is 9.87. The molecule has 0 aliphatic carbocycles. The summed E-state index contributed by atoms with van der Waals surface area (Å²) >= 11 is 13.0. The van der Waals surface area contributed by atoms with E-state index in [9.17, 15) is 14.9 Å². The number of rotatable bonds is 5. The highest BCUT2D eigenvalue weighted by molar-refractivity contribution is 8.03. The average Bonchev–Trinajstić information content (AvgIpc) is 2.69. The van der Waals surface area contributed by atoms with Crippen LogP contribution in [0.15, 0.2) is 53.1 Å². The van der Waals surface area contributed by atoms with E-state index >= 15 is 0 Å². The number of carbonyl (C=O) groups excluding carboxylic acids is 2. The number of halogens is 2. The minimum absolute atomic E-state index is 0.0294. The van der Waals surface area contributed by atoms with Gasteiger partial charge in [0.1, 0.15) is 0 Å². The van der Waals surface area contributed by atoms with Gasteiger partial charge in [-0.05, 0) is 30.7 Å². The van der Waals surface area contributed by atoms with Crippen molar-refractivity contribution in [3.05, 3.63) is 74.2 Å². The fourth-order valence-corrected chi connectivity index (χ4v) is 4.10. The van der Waals surface area contributed by atoms with E-state index < -0.39 is 0 Å². The molecular weight excluding hydrogens is 429 g/mol. The smallest absolute Gasteiger partial charge is 0.234 e. The summed E-state index contributed by atoms with van der Waals surface area (Å²) in [6, 6.07) is 14.8. The maximum absolute atomic E-state index is 12.3. The van der Waals surface area contributed by atoms with Gasteiger partial charge in [0.05, 0.1) is 32.5 Å². The molecular formula is C21H17Cl2N3O2S. The minimum Gasteiger partial charge on any atom is -0.325 e. The van der Waals surface area contributed by atoms with E-state index in [1.165, 1.54) is 0 Å². The lowest BCUT2D eigenvalue weighted by Crippen LogP contribution is -2.31. The van der Waals surface area contributed by atoms with Gasteiger partial charge in [-0.25, -0.2) is 0 Å².